The minimum absolute atomic E-state index is 0.0632. The van der Waals surface area contributed by atoms with Gasteiger partial charge in [-0.25, -0.2) is 0 Å². The number of carbonyl (C=O) groups is 1. The molecule has 0 bridgehead atoms. The number of pyridine rings is 1. The fourth-order valence-corrected chi connectivity index (χ4v) is 2.48. The van der Waals surface area contributed by atoms with Crippen LogP contribution in [0.2, 0.25) is 0 Å². The Kier molecular flexibility index (Phi) is 9.14. The summed E-state index contributed by atoms with van der Waals surface area (Å²) in [5, 5.41) is 3.65. The van der Waals surface area contributed by atoms with E-state index in [1.807, 2.05) is 32.0 Å². The molecular weight excluding hydrogens is 354 g/mol. The van der Waals surface area contributed by atoms with Crippen molar-refractivity contribution >= 4 is 27.5 Å². The number of nitrogens with zero attached hydrogens (tertiary/aromatic N) is 2. The normalized spacial score (nSPS) is 16.9. The zero-order valence-electron chi connectivity index (χ0n) is 14.0. The van der Waals surface area contributed by atoms with E-state index >= 15 is 0 Å². The number of hydrogen-bond acceptors (Lipinski definition) is 3. The van der Waals surface area contributed by atoms with Crippen LogP contribution in [0.1, 0.15) is 32.9 Å². The molecule has 4 nitrogen and oxygen atoms in total. The van der Waals surface area contributed by atoms with Crippen LogP contribution in [0, 0.1) is 0 Å². The molecule has 124 valence electrons. The van der Waals surface area contributed by atoms with Gasteiger partial charge in [-0.1, -0.05) is 54.9 Å². The molecule has 2 heterocycles. The van der Waals surface area contributed by atoms with E-state index in [2.05, 4.69) is 50.3 Å². The Morgan fingerprint density at radius 3 is 2.78 bits per heavy atom. The quantitative estimate of drug-likeness (QED) is 0.813. The molecule has 1 aliphatic rings. The maximum atomic E-state index is 11.6. The highest BCUT2D eigenvalue weighted by Crippen LogP contribution is 2.14. The van der Waals surface area contributed by atoms with Gasteiger partial charge in [0.1, 0.15) is 6.54 Å². The number of amides is 1. The lowest BCUT2D eigenvalue weighted by molar-refractivity contribution is -0.119. The third-order valence-electron chi connectivity index (χ3n) is 3.05. The minimum atomic E-state index is -0.0632. The van der Waals surface area contributed by atoms with Gasteiger partial charge in [-0.05, 0) is 29.7 Å². The van der Waals surface area contributed by atoms with E-state index in [1.54, 1.807) is 6.20 Å². The van der Waals surface area contributed by atoms with Gasteiger partial charge in [0.25, 0.3) is 0 Å². The largest absolute Gasteiger partial charge is 0.350 e. The number of halogens is 1. The summed E-state index contributed by atoms with van der Waals surface area (Å²) < 4.78 is 0. The maximum Gasteiger partial charge on any atom is 0.241 e. The maximum absolute atomic E-state index is 11.6. The van der Waals surface area contributed by atoms with E-state index < -0.39 is 0 Å². The number of nitrogens with one attached hydrogen (secondary N) is 1. The summed E-state index contributed by atoms with van der Waals surface area (Å²) in [6.07, 6.45) is 6.94. The van der Waals surface area contributed by atoms with Gasteiger partial charge < -0.3 is 5.32 Å². The first-order chi connectivity index (χ1) is 11.2. The van der Waals surface area contributed by atoms with Crippen molar-refractivity contribution in [2.45, 2.75) is 27.2 Å². The Morgan fingerprint density at radius 2 is 2.17 bits per heavy atom. The predicted octanol–water partition coefficient (Wildman–Crippen LogP) is 3.68. The van der Waals surface area contributed by atoms with Crippen LogP contribution in [-0.2, 0) is 4.79 Å². The second-order valence-electron chi connectivity index (χ2n) is 4.65. The third kappa shape index (κ3) is 6.10. The highest BCUT2D eigenvalue weighted by molar-refractivity contribution is 9.09. The molecule has 1 aliphatic heterocycles. The number of aromatic nitrogens is 1. The van der Waals surface area contributed by atoms with Crippen LogP contribution in [0.4, 0.5) is 0 Å². The molecule has 0 atom stereocenters. The summed E-state index contributed by atoms with van der Waals surface area (Å²) in [6, 6.07) is 5.71. The fraction of sp³-hybridized carbons (Fsp3) is 0.389. The average Bonchev–Trinajstić information content (AvgIpc) is 2.79. The lowest BCUT2D eigenvalue weighted by Gasteiger charge is -2.09. The van der Waals surface area contributed by atoms with Crippen molar-refractivity contribution in [3.8, 4) is 0 Å². The molecule has 0 unspecified atom stereocenters. The Hall–Kier alpha value is -1.75. The smallest absolute Gasteiger partial charge is 0.241 e. The Balaban J connectivity index is 0.00000127. The molecular formula is C18H24BrN3O. The van der Waals surface area contributed by atoms with Crippen molar-refractivity contribution in [2.24, 2.45) is 4.99 Å². The van der Waals surface area contributed by atoms with E-state index in [-0.39, 0.29) is 12.5 Å². The van der Waals surface area contributed by atoms with Crippen LogP contribution >= 0.6 is 15.9 Å². The second kappa shape index (κ2) is 10.9. The van der Waals surface area contributed by atoms with E-state index in [0.29, 0.717) is 6.54 Å². The minimum Gasteiger partial charge on any atom is -0.350 e. The topological polar surface area (TPSA) is 54.4 Å². The highest BCUT2D eigenvalue weighted by atomic mass is 79.9. The zero-order valence-corrected chi connectivity index (χ0v) is 15.6. The van der Waals surface area contributed by atoms with E-state index in [1.165, 1.54) is 5.57 Å². The molecule has 0 spiro atoms. The van der Waals surface area contributed by atoms with Crippen LogP contribution in [0.5, 0.6) is 0 Å². The van der Waals surface area contributed by atoms with Crippen LogP contribution in [0.3, 0.4) is 0 Å². The van der Waals surface area contributed by atoms with E-state index in [9.17, 15) is 4.79 Å². The number of hydrogen-bond donors (Lipinski definition) is 1. The molecule has 1 aromatic heterocycles. The molecule has 2 rings (SSSR count). The number of carbonyl (C=O) groups excluding carboxylic acids is 1. The lowest BCUT2D eigenvalue weighted by atomic mass is 10.0. The number of alkyl halides is 1. The van der Waals surface area contributed by atoms with E-state index in [4.69, 9.17) is 0 Å². The predicted molar refractivity (Wildman–Crippen MR) is 100 cm³/mol. The molecule has 1 aromatic rings. The van der Waals surface area contributed by atoms with Crippen molar-refractivity contribution in [1.82, 2.24) is 10.3 Å². The summed E-state index contributed by atoms with van der Waals surface area (Å²) in [5.41, 5.74) is 3.74. The summed E-state index contributed by atoms with van der Waals surface area (Å²) in [5.74, 6) is -0.0632. The molecule has 23 heavy (non-hydrogen) atoms. The van der Waals surface area contributed by atoms with Crippen molar-refractivity contribution in [1.29, 1.82) is 0 Å². The molecule has 1 amide bonds. The first-order valence-corrected chi connectivity index (χ1v) is 9.05. The molecule has 0 saturated heterocycles. The first-order valence-electron chi connectivity index (χ1n) is 7.93. The van der Waals surface area contributed by atoms with Crippen LogP contribution in [0.15, 0.2) is 52.7 Å². The molecule has 5 heteroatoms. The number of rotatable bonds is 4. The summed E-state index contributed by atoms with van der Waals surface area (Å²) in [7, 11) is 0. The van der Waals surface area contributed by atoms with Crippen molar-refractivity contribution in [2.75, 3.05) is 18.4 Å². The number of aliphatic imine (C=N–C) groups is 1. The Bertz CT molecular complexity index is 592. The van der Waals surface area contributed by atoms with Gasteiger partial charge in [-0.15, -0.1) is 0 Å². The molecule has 0 radical (unpaired) electrons. The van der Waals surface area contributed by atoms with Gasteiger partial charge in [0, 0.05) is 18.1 Å². The SMILES string of the molecule is CC.CC/C=C(\C=C1/CNC(=O)CN=C1c1ccccn1)CBr. The second-order valence-corrected chi connectivity index (χ2v) is 5.21. The Morgan fingerprint density at radius 1 is 1.39 bits per heavy atom. The average molecular weight is 378 g/mol. The van der Waals surface area contributed by atoms with Gasteiger partial charge >= 0.3 is 0 Å². The lowest BCUT2D eigenvalue weighted by Crippen LogP contribution is -2.26. The fourth-order valence-electron chi connectivity index (χ4n) is 2.09. The molecule has 0 aromatic carbocycles. The summed E-state index contributed by atoms with van der Waals surface area (Å²) in [6.45, 7) is 6.72. The molecule has 1 N–H and O–H groups in total. The van der Waals surface area contributed by atoms with Crippen molar-refractivity contribution in [3.05, 3.63) is 53.4 Å². The Labute approximate surface area is 146 Å². The van der Waals surface area contributed by atoms with Crippen molar-refractivity contribution in [3.63, 3.8) is 0 Å². The summed E-state index contributed by atoms with van der Waals surface area (Å²) >= 11 is 3.50. The molecule has 0 fully saturated rings. The van der Waals surface area contributed by atoms with Gasteiger partial charge in [0.15, 0.2) is 0 Å². The highest BCUT2D eigenvalue weighted by Gasteiger charge is 2.16. The molecule has 0 aliphatic carbocycles. The van der Waals surface area contributed by atoms with E-state index in [0.717, 1.165) is 28.7 Å². The van der Waals surface area contributed by atoms with Crippen LogP contribution in [-0.4, -0.2) is 35.0 Å². The van der Waals surface area contributed by atoms with Gasteiger partial charge in [0.05, 0.1) is 11.4 Å². The van der Waals surface area contributed by atoms with Crippen molar-refractivity contribution < 1.29 is 4.79 Å². The monoisotopic (exact) mass is 377 g/mol. The number of allylic oxidation sites excluding steroid dienone is 3. The van der Waals surface area contributed by atoms with Crippen LogP contribution in [0.25, 0.3) is 0 Å². The molecule has 0 saturated carbocycles. The van der Waals surface area contributed by atoms with Gasteiger partial charge in [-0.2, -0.15) is 0 Å². The standard InChI is InChI=1S/C16H18BrN3O.C2H6/c1-2-5-12(9-17)8-13-10-19-15(21)11-20-16(13)14-6-3-4-7-18-14;1-2/h3-8H,2,9-11H2,1H3,(H,19,21);1-2H3/b12-5+,13-8+;. The zero-order chi connectivity index (χ0) is 17.1. The first kappa shape index (κ1) is 19.3. The van der Waals surface area contributed by atoms with Crippen LogP contribution < -0.4 is 5.32 Å². The van der Waals surface area contributed by atoms with Gasteiger partial charge in [0.2, 0.25) is 5.91 Å². The summed E-state index contributed by atoms with van der Waals surface area (Å²) in [4.78, 5) is 20.4. The third-order valence-corrected chi connectivity index (χ3v) is 3.70. The van der Waals surface area contributed by atoms with Gasteiger partial charge in [-0.3, -0.25) is 14.8 Å².